The Hall–Kier alpha value is -2.61. The number of methoxy groups -OCH3 is 1. The van der Waals surface area contributed by atoms with E-state index in [1.165, 1.54) is 0 Å². The van der Waals surface area contributed by atoms with Gasteiger partial charge in [0.25, 0.3) is 0 Å². The molecule has 1 aliphatic rings. The number of hydrogen-bond donors (Lipinski definition) is 1. The van der Waals surface area contributed by atoms with Crippen LogP contribution in [0.5, 0.6) is 5.88 Å². The standard InChI is InChI=1S/C21H32N6O2/c1-4-23-21(25-14-18-5-6-20(24-13-18)29-12-11-28-3)26-9-7-17(2)19(15-26)27-10-8-22-16-27/h5-6,8,10,13,16-17,19H,4,7,9,11-12,14-15H2,1-3H3,(H,23,25). The summed E-state index contributed by atoms with van der Waals surface area (Å²) in [7, 11) is 1.65. The zero-order valence-corrected chi connectivity index (χ0v) is 17.6. The van der Waals surface area contributed by atoms with Gasteiger partial charge in [0, 0.05) is 51.4 Å². The Kier molecular flexibility index (Phi) is 7.86. The van der Waals surface area contributed by atoms with E-state index in [-0.39, 0.29) is 0 Å². The maximum Gasteiger partial charge on any atom is 0.213 e. The highest BCUT2D eigenvalue weighted by Gasteiger charge is 2.28. The highest BCUT2D eigenvalue weighted by atomic mass is 16.5. The molecule has 1 N–H and O–H groups in total. The first-order valence-electron chi connectivity index (χ1n) is 10.3. The predicted molar refractivity (Wildman–Crippen MR) is 113 cm³/mol. The summed E-state index contributed by atoms with van der Waals surface area (Å²) in [4.78, 5) is 15.8. The number of likely N-dealkylation sites (tertiary alicyclic amines) is 1. The third-order valence-corrected chi connectivity index (χ3v) is 5.21. The first-order chi connectivity index (χ1) is 14.2. The van der Waals surface area contributed by atoms with E-state index in [4.69, 9.17) is 14.5 Å². The third kappa shape index (κ3) is 5.93. The van der Waals surface area contributed by atoms with Gasteiger partial charge in [-0.05, 0) is 24.8 Å². The van der Waals surface area contributed by atoms with Gasteiger partial charge in [-0.3, -0.25) is 0 Å². The molecular formula is C21H32N6O2. The molecule has 8 nitrogen and oxygen atoms in total. The van der Waals surface area contributed by atoms with Crippen molar-refractivity contribution < 1.29 is 9.47 Å². The summed E-state index contributed by atoms with van der Waals surface area (Å²) >= 11 is 0. The molecule has 29 heavy (non-hydrogen) atoms. The minimum Gasteiger partial charge on any atom is -0.475 e. The minimum atomic E-state index is 0.403. The summed E-state index contributed by atoms with van der Waals surface area (Å²) in [5.74, 6) is 2.16. The van der Waals surface area contributed by atoms with Gasteiger partial charge in [-0.2, -0.15) is 0 Å². The van der Waals surface area contributed by atoms with Gasteiger partial charge in [-0.1, -0.05) is 13.0 Å². The molecular weight excluding hydrogens is 368 g/mol. The van der Waals surface area contributed by atoms with Crippen molar-refractivity contribution in [3.8, 4) is 5.88 Å². The topological polar surface area (TPSA) is 76.8 Å². The van der Waals surface area contributed by atoms with Crippen molar-refractivity contribution in [1.29, 1.82) is 0 Å². The number of piperidine rings is 1. The van der Waals surface area contributed by atoms with Crippen LogP contribution in [0, 0.1) is 5.92 Å². The molecule has 3 rings (SSSR count). The van der Waals surface area contributed by atoms with E-state index in [1.807, 2.05) is 30.9 Å². The van der Waals surface area contributed by atoms with Gasteiger partial charge >= 0.3 is 0 Å². The van der Waals surface area contributed by atoms with Gasteiger partial charge < -0.3 is 24.3 Å². The monoisotopic (exact) mass is 400 g/mol. The molecule has 0 saturated carbocycles. The van der Waals surface area contributed by atoms with Crippen molar-refractivity contribution >= 4 is 5.96 Å². The summed E-state index contributed by atoms with van der Waals surface area (Å²) in [5.41, 5.74) is 1.05. The molecule has 8 heteroatoms. The number of pyridine rings is 1. The lowest BCUT2D eigenvalue weighted by atomic mass is 9.93. The lowest BCUT2D eigenvalue weighted by molar-refractivity contribution is 0.143. The van der Waals surface area contributed by atoms with Crippen molar-refractivity contribution in [2.75, 3.05) is 40.0 Å². The Morgan fingerprint density at radius 2 is 2.24 bits per heavy atom. The molecule has 1 aliphatic heterocycles. The summed E-state index contributed by atoms with van der Waals surface area (Å²) < 4.78 is 12.7. The quantitative estimate of drug-likeness (QED) is 0.416. The predicted octanol–water partition coefficient (Wildman–Crippen LogP) is 2.35. The summed E-state index contributed by atoms with van der Waals surface area (Å²) in [5, 5.41) is 3.44. The molecule has 2 atom stereocenters. The Balaban J connectivity index is 1.63. The first kappa shape index (κ1) is 21.1. The summed E-state index contributed by atoms with van der Waals surface area (Å²) in [6.07, 6.45) is 8.76. The normalized spacial score (nSPS) is 20.0. The Morgan fingerprint density at radius 1 is 1.34 bits per heavy atom. The van der Waals surface area contributed by atoms with Gasteiger partial charge in [-0.15, -0.1) is 0 Å². The van der Waals surface area contributed by atoms with Crippen LogP contribution in [0.4, 0.5) is 0 Å². The average molecular weight is 401 g/mol. The summed E-state index contributed by atoms with van der Waals surface area (Å²) in [6.45, 7) is 8.81. The minimum absolute atomic E-state index is 0.403. The highest BCUT2D eigenvalue weighted by Crippen LogP contribution is 2.27. The molecule has 0 bridgehead atoms. The second-order valence-corrected chi connectivity index (χ2v) is 7.31. The number of imidazole rings is 1. The van der Waals surface area contributed by atoms with E-state index in [2.05, 4.69) is 44.8 Å². The third-order valence-electron chi connectivity index (χ3n) is 5.21. The van der Waals surface area contributed by atoms with Crippen LogP contribution in [-0.2, 0) is 11.3 Å². The number of aromatic nitrogens is 3. The first-order valence-corrected chi connectivity index (χ1v) is 10.3. The molecule has 2 aromatic heterocycles. The molecule has 2 aromatic rings. The van der Waals surface area contributed by atoms with Crippen molar-refractivity contribution in [3.63, 3.8) is 0 Å². The summed E-state index contributed by atoms with van der Waals surface area (Å²) in [6, 6.07) is 4.29. The number of aliphatic imine (C=N–C) groups is 1. The van der Waals surface area contributed by atoms with E-state index < -0.39 is 0 Å². The van der Waals surface area contributed by atoms with Crippen LogP contribution in [0.25, 0.3) is 0 Å². The SMILES string of the molecule is CCNC(=NCc1ccc(OCCOC)nc1)N1CCC(C)C(n2ccnc2)C1. The lowest BCUT2D eigenvalue weighted by Crippen LogP contribution is -2.49. The van der Waals surface area contributed by atoms with Gasteiger partial charge in [0.1, 0.15) is 6.61 Å². The second kappa shape index (κ2) is 10.8. The van der Waals surface area contributed by atoms with E-state index in [0.717, 1.165) is 37.6 Å². The van der Waals surface area contributed by atoms with E-state index in [1.54, 1.807) is 7.11 Å². The van der Waals surface area contributed by atoms with Gasteiger partial charge in [-0.25, -0.2) is 15.0 Å². The number of guanidine groups is 1. The fraction of sp³-hybridized carbons (Fsp3) is 0.571. The smallest absolute Gasteiger partial charge is 0.213 e. The van der Waals surface area contributed by atoms with E-state index in [0.29, 0.717) is 37.6 Å². The number of hydrogen-bond acceptors (Lipinski definition) is 5. The Morgan fingerprint density at radius 3 is 2.93 bits per heavy atom. The molecule has 0 radical (unpaired) electrons. The fourth-order valence-corrected chi connectivity index (χ4v) is 3.51. The lowest BCUT2D eigenvalue weighted by Gasteiger charge is -2.39. The van der Waals surface area contributed by atoms with E-state index >= 15 is 0 Å². The molecule has 3 heterocycles. The highest BCUT2D eigenvalue weighted by molar-refractivity contribution is 5.80. The second-order valence-electron chi connectivity index (χ2n) is 7.31. The largest absolute Gasteiger partial charge is 0.475 e. The van der Waals surface area contributed by atoms with Crippen LogP contribution in [-0.4, -0.2) is 65.4 Å². The molecule has 0 aliphatic carbocycles. The van der Waals surface area contributed by atoms with Crippen LogP contribution in [0.3, 0.4) is 0 Å². The average Bonchev–Trinajstić information content (AvgIpc) is 3.27. The van der Waals surface area contributed by atoms with Crippen LogP contribution < -0.4 is 10.1 Å². The Bertz CT molecular complexity index is 747. The molecule has 2 unspecified atom stereocenters. The maximum absolute atomic E-state index is 5.52. The maximum atomic E-state index is 5.52. The van der Waals surface area contributed by atoms with Gasteiger partial charge in [0.2, 0.25) is 5.88 Å². The number of rotatable bonds is 8. The van der Waals surface area contributed by atoms with Crippen molar-refractivity contribution in [1.82, 2.24) is 24.8 Å². The molecule has 1 fully saturated rings. The fourth-order valence-electron chi connectivity index (χ4n) is 3.51. The van der Waals surface area contributed by atoms with E-state index in [9.17, 15) is 0 Å². The molecule has 0 amide bonds. The van der Waals surface area contributed by atoms with Crippen LogP contribution >= 0.6 is 0 Å². The number of nitrogens with zero attached hydrogens (tertiary/aromatic N) is 5. The Labute approximate surface area is 173 Å². The van der Waals surface area contributed by atoms with Gasteiger partial charge in [0.05, 0.1) is 25.5 Å². The van der Waals surface area contributed by atoms with Crippen LogP contribution in [0.2, 0.25) is 0 Å². The van der Waals surface area contributed by atoms with Crippen molar-refractivity contribution in [2.24, 2.45) is 10.9 Å². The van der Waals surface area contributed by atoms with Crippen molar-refractivity contribution in [2.45, 2.75) is 32.9 Å². The zero-order chi connectivity index (χ0) is 20.5. The number of ether oxygens (including phenoxy) is 2. The zero-order valence-electron chi connectivity index (χ0n) is 17.6. The molecule has 1 saturated heterocycles. The molecule has 158 valence electrons. The van der Waals surface area contributed by atoms with Crippen LogP contribution in [0.1, 0.15) is 31.9 Å². The van der Waals surface area contributed by atoms with Gasteiger partial charge in [0.15, 0.2) is 5.96 Å². The van der Waals surface area contributed by atoms with Crippen molar-refractivity contribution in [3.05, 3.63) is 42.6 Å². The number of nitrogens with one attached hydrogen (secondary N) is 1. The molecule has 0 aromatic carbocycles. The van der Waals surface area contributed by atoms with Crippen LogP contribution in [0.15, 0.2) is 42.0 Å². The molecule has 0 spiro atoms.